The van der Waals surface area contributed by atoms with E-state index in [1.165, 1.54) is 0 Å². The largest absolute Gasteiger partial charge is 0.340 e. The molecule has 5 heteroatoms. The summed E-state index contributed by atoms with van der Waals surface area (Å²) >= 11 is 2.21. The molecular weight excluding hydrogens is 425 g/mol. The molecule has 0 bridgehead atoms. The van der Waals surface area contributed by atoms with Crippen LogP contribution in [0.4, 0.5) is 0 Å². The zero-order chi connectivity index (χ0) is 17.8. The molecule has 25 heavy (non-hydrogen) atoms. The summed E-state index contributed by atoms with van der Waals surface area (Å²) in [6.45, 7) is 6.60. The highest BCUT2D eigenvalue weighted by molar-refractivity contribution is 14.1. The van der Waals surface area contributed by atoms with Crippen LogP contribution in [-0.4, -0.2) is 16.7 Å². The first-order chi connectivity index (χ1) is 12.1. The van der Waals surface area contributed by atoms with Gasteiger partial charge in [0.1, 0.15) is 0 Å². The Morgan fingerprint density at radius 3 is 2.68 bits per heavy atom. The number of para-hydroxylation sites is 1. The maximum atomic E-state index is 12.2. The number of amides is 1. The van der Waals surface area contributed by atoms with Gasteiger partial charge in [-0.2, -0.15) is 5.10 Å². The molecule has 0 aliphatic carbocycles. The predicted octanol–water partition coefficient (Wildman–Crippen LogP) is 4.50. The Kier molecular flexibility index (Phi) is 5.33. The summed E-state index contributed by atoms with van der Waals surface area (Å²) in [5.41, 5.74) is 6.41. The number of rotatable bonds is 5. The van der Waals surface area contributed by atoms with E-state index < -0.39 is 0 Å². The van der Waals surface area contributed by atoms with Crippen LogP contribution >= 0.6 is 22.6 Å². The van der Waals surface area contributed by atoms with Crippen molar-refractivity contribution >= 4 is 45.6 Å². The Hall–Kier alpha value is -2.41. The number of carbonyl (C=O) groups is 1. The molecule has 0 atom stereocenters. The average Bonchev–Trinajstić information content (AvgIpc) is 2.88. The minimum atomic E-state index is -0.222. The third kappa shape index (κ3) is 3.66. The van der Waals surface area contributed by atoms with Crippen LogP contribution in [-0.2, 0) is 6.54 Å². The molecule has 1 amide bonds. The molecule has 3 rings (SSSR count). The second-order valence-corrected chi connectivity index (χ2v) is 6.87. The Morgan fingerprint density at radius 2 is 1.96 bits per heavy atom. The molecule has 0 saturated carbocycles. The second-order valence-electron chi connectivity index (χ2n) is 5.62. The number of hydrogen-bond donors (Lipinski definition) is 1. The van der Waals surface area contributed by atoms with Crippen LogP contribution < -0.4 is 5.43 Å². The van der Waals surface area contributed by atoms with Crippen molar-refractivity contribution in [2.24, 2.45) is 5.10 Å². The molecule has 1 N–H and O–H groups in total. The summed E-state index contributed by atoms with van der Waals surface area (Å²) in [6.07, 6.45) is 3.58. The van der Waals surface area contributed by atoms with Crippen LogP contribution in [0.25, 0.3) is 10.9 Å². The van der Waals surface area contributed by atoms with E-state index >= 15 is 0 Å². The van der Waals surface area contributed by atoms with Crippen LogP contribution in [0.2, 0.25) is 0 Å². The van der Waals surface area contributed by atoms with E-state index in [0.29, 0.717) is 5.56 Å². The molecule has 126 valence electrons. The van der Waals surface area contributed by atoms with Gasteiger partial charge in [-0.3, -0.25) is 4.79 Å². The number of carbonyl (C=O) groups excluding carboxylic acids is 1. The fourth-order valence-corrected chi connectivity index (χ4v) is 3.17. The monoisotopic (exact) mass is 443 g/mol. The lowest BCUT2D eigenvalue weighted by atomic mass is 10.1. The third-order valence-electron chi connectivity index (χ3n) is 4.06. The van der Waals surface area contributed by atoms with Crippen molar-refractivity contribution in [1.82, 2.24) is 9.99 Å². The number of fused-ring (bicyclic) bond motifs is 1. The standard InChI is InChI=1S/C20H18IN3O/c1-3-12-24-14(2)18(17-6-4-5-7-19(17)24)13-22-23-20(25)15-8-10-16(21)11-9-15/h3-11,13H,1,12H2,2H3,(H,23,25)/b22-13-. The Morgan fingerprint density at radius 1 is 1.24 bits per heavy atom. The van der Waals surface area contributed by atoms with Gasteiger partial charge in [-0.15, -0.1) is 6.58 Å². The first-order valence-electron chi connectivity index (χ1n) is 7.89. The van der Waals surface area contributed by atoms with Crippen molar-refractivity contribution < 1.29 is 4.79 Å². The van der Waals surface area contributed by atoms with Gasteiger partial charge < -0.3 is 4.57 Å². The molecule has 0 aliphatic rings. The van der Waals surface area contributed by atoms with E-state index in [-0.39, 0.29) is 5.91 Å². The molecule has 0 fully saturated rings. The van der Waals surface area contributed by atoms with Gasteiger partial charge in [0.05, 0.1) is 6.21 Å². The minimum absolute atomic E-state index is 0.222. The summed E-state index contributed by atoms with van der Waals surface area (Å²) in [4.78, 5) is 12.2. The van der Waals surface area contributed by atoms with Gasteiger partial charge in [-0.25, -0.2) is 5.43 Å². The van der Waals surface area contributed by atoms with Crippen molar-refractivity contribution in [2.75, 3.05) is 0 Å². The van der Waals surface area contributed by atoms with Crippen LogP contribution in [0.5, 0.6) is 0 Å². The van der Waals surface area contributed by atoms with E-state index in [1.54, 1.807) is 18.3 Å². The quantitative estimate of drug-likeness (QED) is 0.268. The average molecular weight is 443 g/mol. The van der Waals surface area contributed by atoms with E-state index in [2.05, 4.69) is 56.4 Å². The first-order valence-corrected chi connectivity index (χ1v) is 8.97. The molecule has 0 aliphatic heterocycles. The van der Waals surface area contributed by atoms with Gasteiger partial charge >= 0.3 is 0 Å². The van der Waals surface area contributed by atoms with Crippen LogP contribution in [0.1, 0.15) is 21.6 Å². The molecular formula is C20H18IN3O. The van der Waals surface area contributed by atoms with E-state index in [0.717, 1.165) is 32.3 Å². The summed E-state index contributed by atoms with van der Waals surface area (Å²) in [6, 6.07) is 15.5. The van der Waals surface area contributed by atoms with E-state index in [4.69, 9.17) is 0 Å². The highest BCUT2D eigenvalue weighted by Gasteiger charge is 2.11. The SMILES string of the molecule is C=CCn1c(C)c(/C=N\NC(=O)c2ccc(I)cc2)c2ccccc21. The molecule has 3 aromatic rings. The lowest BCUT2D eigenvalue weighted by Gasteiger charge is -2.04. The van der Waals surface area contributed by atoms with Gasteiger partial charge in [-0.1, -0.05) is 24.3 Å². The van der Waals surface area contributed by atoms with E-state index in [1.807, 2.05) is 37.3 Å². The normalized spacial score (nSPS) is 11.1. The first kappa shape index (κ1) is 17.4. The fourth-order valence-electron chi connectivity index (χ4n) is 2.81. The Labute approximate surface area is 160 Å². The zero-order valence-electron chi connectivity index (χ0n) is 13.9. The van der Waals surface area contributed by atoms with Gasteiger partial charge in [0, 0.05) is 37.8 Å². The third-order valence-corrected chi connectivity index (χ3v) is 4.78. The molecule has 4 nitrogen and oxygen atoms in total. The maximum absolute atomic E-state index is 12.2. The Bertz CT molecular complexity index is 955. The van der Waals surface area contributed by atoms with Gasteiger partial charge in [0.15, 0.2) is 0 Å². The molecule has 1 heterocycles. The second kappa shape index (κ2) is 7.65. The number of hydrazone groups is 1. The number of allylic oxidation sites excluding steroid dienone is 1. The van der Waals surface area contributed by atoms with Crippen LogP contribution in [0.15, 0.2) is 66.3 Å². The van der Waals surface area contributed by atoms with Crippen molar-refractivity contribution in [3.8, 4) is 0 Å². The summed E-state index contributed by atoms with van der Waals surface area (Å²) in [5.74, 6) is -0.222. The smallest absolute Gasteiger partial charge is 0.271 e. The predicted molar refractivity (Wildman–Crippen MR) is 111 cm³/mol. The Balaban J connectivity index is 1.86. The van der Waals surface area contributed by atoms with E-state index in [9.17, 15) is 4.79 Å². The van der Waals surface area contributed by atoms with Crippen LogP contribution in [0, 0.1) is 10.5 Å². The molecule has 0 unspecified atom stereocenters. The van der Waals surface area contributed by atoms with Crippen LogP contribution in [0.3, 0.4) is 0 Å². The minimum Gasteiger partial charge on any atom is -0.340 e. The van der Waals surface area contributed by atoms with Crippen molar-refractivity contribution in [3.05, 3.63) is 81.6 Å². The fraction of sp³-hybridized carbons (Fsp3) is 0.100. The molecule has 2 aromatic carbocycles. The highest BCUT2D eigenvalue weighted by Crippen LogP contribution is 2.24. The van der Waals surface area contributed by atoms with Gasteiger partial charge in [-0.05, 0) is 59.8 Å². The number of nitrogens with one attached hydrogen (secondary N) is 1. The number of halogens is 1. The number of hydrogen-bond acceptors (Lipinski definition) is 2. The lowest BCUT2D eigenvalue weighted by Crippen LogP contribution is -2.17. The van der Waals surface area contributed by atoms with Crippen molar-refractivity contribution in [2.45, 2.75) is 13.5 Å². The molecule has 1 aromatic heterocycles. The highest BCUT2D eigenvalue weighted by atomic mass is 127. The number of nitrogens with zero attached hydrogens (tertiary/aromatic N) is 2. The molecule has 0 radical (unpaired) electrons. The topological polar surface area (TPSA) is 46.4 Å². The number of benzene rings is 2. The number of aromatic nitrogens is 1. The zero-order valence-corrected chi connectivity index (χ0v) is 16.0. The molecule has 0 spiro atoms. The summed E-state index contributed by atoms with van der Waals surface area (Å²) in [7, 11) is 0. The summed E-state index contributed by atoms with van der Waals surface area (Å²) < 4.78 is 3.27. The maximum Gasteiger partial charge on any atom is 0.271 e. The van der Waals surface area contributed by atoms with Crippen molar-refractivity contribution in [3.63, 3.8) is 0 Å². The summed E-state index contributed by atoms with van der Waals surface area (Å²) in [5, 5.41) is 5.26. The molecule has 0 saturated heterocycles. The van der Waals surface area contributed by atoms with Gasteiger partial charge in [0.2, 0.25) is 0 Å². The van der Waals surface area contributed by atoms with Crippen molar-refractivity contribution in [1.29, 1.82) is 0 Å². The lowest BCUT2D eigenvalue weighted by molar-refractivity contribution is 0.0955. The van der Waals surface area contributed by atoms with Gasteiger partial charge in [0.25, 0.3) is 5.91 Å².